The summed E-state index contributed by atoms with van der Waals surface area (Å²) in [6.07, 6.45) is 0.498. The van der Waals surface area contributed by atoms with Gasteiger partial charge in [-0.05, 0) is 0 Å². The van der Waals surface area contributed by atoms with Crippen LogP contribution in [0.5, 0.6) is 0 Å². The van der Waals surface area contributed by atoms with E-state index in [9.17, 15) is 0 Å². The van der Waals surface area contributed by atoms with Crippen LogP contribution in [0.15, 0.2) is 70.2 Å². The van der Waals surface area contributed by atoms with Crippen molar-refractivity contribution >= 4 is 11.7 Å². The Balaban J connectivity index is 1.39. The van der Waals surface area contributed by atoms with E-state index in [1.807, 2.05) is 65.6 Å². The lowest BCUT2D eigenvalue weighted by Gasteiger charge is -2.24. The highest BCUT2D eigenvalue weighted by atomic mass is 16.6. The molecule has 0 radical (unpaired) electrons. The zero-order valence-electron chi connectivity index (χ0n) is 15.5. The molecule has 0 unspecified atom stereocenters. The second-order valence-corrected chi connectivity index (χ2v) is 6.33. The molecular weight excluding hydrogens is 356 g/mol. The van der Waals surface area contributed by atoms with Gasteiger partial charge in [0, 0.05) is 24.2 Å². The van der Waals surface area contributed by atoms with Gasteiger partial charge >= 0.3 is 6.01 Å². The molecule has 0 saturated carbocycles. The summed E-state index contributed by atoms with van der Waals surface area (Å²) in [5.41, 5.74) is 2.79. The molecule has 3 aromatic rings. The predicted octanol–water partition coefficient (Wildman–Crippen LogP) is 2.92. The average Bonchev–Trinajstić information content (AvgIpc) is 3.25. The Labute approximate surface area is 163 Å². The molecule has 7 heteroatoms. The van der Waals surface area contributed by atoms with Crippen molar-refractivity contribution in [2.45, 2.75) is 6.42 Å². The molecule has 0 atom stereocenters. The normalized spacial score (nSPS) is 13.9. The van der Waals surface area contributed by atoms with Gasteiger partial charge in [0.1, 0.15) is 12.3 Å². The van der Waals surface area contributed by atoms with Crippen molar-refractivity contribution in [1.82, 2.24) is 10.2 Å². The van der Waals surface area contributed by atoms with Crippen LogP contribution in [0.3, 0.4) is 0 Å². The minimum Gasteiger partial charge on any atom is -0.408 e. The van der Waals surface area contributed by atoms with E-state index in [0.717, 1.165) is 29.9 Å². The summed E-state index contributed by atoms with van der Waals surface area (Å²) in [7, 11) is 0. The second kappa shape index (κ2) is 9.14. The number of rotatable bonds is 7. The molecule has 1 aliphatic rings. The van der Waals surface area contributed by atoms with E-state index in [2.05, 4.69) is 15.4 Å². The molecular formula is C21H22N4O3. The van der Waals surface area contributed by atoms with E-state index < -0.39 is 0 Å². The van der Waals surface area contributed by atoms with Gasteiger partial charge < -0.3 is 18.9 Å². The molecule has 1 aliphatic heterocycles. The highest BCUT2D eigenvalue weighted by Gasteiger charge is 2.17. The van der Waals surface area contributed by atoms with Gasteiger partial charge in [-0.1, -0.05) is 70.9 Å². The zero-order valence-corrected chi connectivity index (χ0v) is 15.5. The third kappa shape index (κ3) is 4.55. The number of morpholine rings is 1. The first-order valence-electron chi connectivity index (χ1n) is 9.36. The summed E-state index contributed by atoms with van der Waals surface area (Å²) in [4.78, 5) is 7.62. The van der Waals surface area contributed by atoms with Crippen molar-refractivity contribution in [2.75, 3.05) is 37.8 Å². The minimum atomic E-state index is 0.355. The number of aromatic nitrogens is 2. The van der Waals surface area contributed by atoms with Crippen molar-refractivity contribution in [2.24, 2.45) is 5.16 Å². The van der Waals surface area contributed by atoms with Crippen molar-refractivity contribution in [1.29, 1.82) is 0 Å². The van der Waals surface area contributed by atoms with Gasteiger partial charge in [-0.2, -0.15) is 0 Å². The number of hydrogen-bond acceptors (Lipinski definition) is 7. The van der Waals surface area contributed by atoms with Crippen molar-refractivity contribution in [3.05, 3.63) is 77.7 Å². The Hall–Kier alpha value is -3.19. The van der Waals surface area contributed by atoms with Crippen LogP contribution in [0, 0.1) is 0 Å². The maximum atomic E-state index is 5.72. The van der Waals surface area contributed by atoms with E-state index in [4.69, 9.17) is 14.0 Å². The van der Waals surface area contributed by atoms with E-state index in [-0.39, 0.29) is 0 Å². The molecule has 1 saturated heterocycles. The first kappa shape index (κ1) is 18.2. The number of oxime groups is 1. The summed E-state index contributed by atoms with van der Waals surface area (Å²) < 4.78 is 11.1. The average molecular weight is 378 g/mol. The lowest BCUT2D eigenvalue weighted by atomic mass is 10.0. The van der Waals surface area contributed by atoms with Crippen LogP contribution >= 0.6 is 0 Å². The van der Waals surface area contributed by atoms with Gasteiger partial charge in [-0.25, -0.2) is 0 Å². The van der Waals surface area contributed by atoms with E-state index in [0.29, 0.717) is 38.1 Å². The number of ether oxygens (including phenoxy) is 1. The smallest absolute Gasteiger partial charge is 0.318 e. The first-order chi connectivity index (χ1) is 13.9. The SMILES string of the molecule is c1ccc(C(=NOCCc2nnc(N3CCOCC3)o2)c2ccccc2)cc1. The predicted molar refractivity (Wildman–Crippen MR) is 106 cm³/mol. The van der Waals surface area contributed by atoms with Gasteiger partial charge in [0.05, 0.1) is 19.6 Å². The topological polar surface area (TPSA) is 73.0 Å². The molecule has 0 aliphatic carbocycles. The van der Waals surface area contributed by atoms with Gasteiger partial charge in [-0.3, -0.25) is 0 Å². The van der Waals surface area contributed by atoms with Crippen LogP contribution in [0.1, 0.15) is 17.0 Å². The van der Waals surface area contributed by atoms with Gasteiger partial charge in [0.25, 0.3) is 0 Å². The number of benzene rings is 2. The molecule has 0 spiro atoms. The van der Waals surface area contributed by atoms with E-state index >= 15 is 0 Å². The highest BCUT2D eigenvalue weighted by Crippen LogP contribution is 2.15. The fraction of sp³-hybridized carbons (Fsp3) is 0.286. The van der Waals surface area contributed by atoms with Gasteiger partial charge in [0.15, 0.2) is 0 Å². The maximum absolute atomic E-state index is 5.72. The monoisotopic (exact) mass is 378 g/mol. The van der Waals surface area contributed by atoms with Crippen LogP contribution in [0.4, 0.5) is 6.01 Å². The third-order valence-corrected chi connectivity index (χ3v) is 4.40. The molecule has 0 amide bonds. The summed E-state index contributed by atoms with van der Waals surface area (Å²) >= 11 is 0. The maximum Gasteiger partial charge on any atom is 0.318 e. The van der Waals surface area contributed by atoms with Crippen molar-refractivity contribution in [3.63, 3.8) is 0 Å². The Bertz CT molecular complexity index is 849. The fourth-order valence-electron chi connectivity index (χ4n) is 2.94. The molecule has 2 aromatic carbocycles. The van der Waals surface area contributed by atoms with Crippen LogP contribution in [0.25, 0.3) is 0 Å². The molecule has 1 fully saturated rings. The molecule has 4 rings (SSSR count). The zero-order chi connectivity index (χ0) is 19.0. The molecule has 7 nitrogen and oxygen atoms in total. The lowest BCUT2D eigenvalue weighted by Crippen LogP contribution is -2.36. The number of anilines is 1. The van der Waals surface area contributed by atoms with Crippen LogP contribution in [0.2, 0.25) is 0 Å². The van der Waals surface area contributed by atoms with Crippen LogP contribution in [-0.4, -0.2) is 48.8 Å². The van der Waals surface area contributed by atoms with Crippen LogP contribution in [-0.2, 0) is 16.0 Å². The highest BCUT2D eigenvalue weighted by molar-refractivity contribution is 6.12. The molecule has 28 heavy (non-hydrogen) atoms. The first-order valence-corrected chi connectivity index (χ1v) is 9.36. The lowest BCUT2D eigenvalue weighted by molar-refractivity contribution is 0.119. The van der Waals surface area contributed by atoms with E-state index in [1.165, 1.54) is 0 Å². The fourth-order valence-corrected chi connectivity index (χ4v) is 2.94. The summed E-state index contributed by atoms with van der Waals surface area (Å²) in [6.45, 7) is 3.24. The molecule has 1 aromatic heterocycles. The molecule has 0 N–H and O–H groups in total. The Morgan fingerprint density at radius 3 is 2.21 bits per heavy atom. The largest absolute Gasteiger partial charge is 0.408 e. The third-order valence-electron chi connectivity index (χ3n) is 4.40. The Kier molecular flexibility index (Phi) is 5.94. The second-order valence-electron chi connectivity index (χ2n) is 6.33. The number of nitrogens with zero attached hydrogens (tertiary/aromatic N) is 4. The van der Waals surface area contributed by atoms with Gasteiger partial charge in [-0.15, -0.1) is 5.10 Å². The van der Waals surface area contributed by atoms with Crippen molar-refractivity contribution in [3.8, 4) is 0 Å². The Morgan fingerprint density at radius 1 is 0.929 bits per heavy atom. The summed E-state index contributed by atoms with van der Waals surface area (Å²) in [5, 5.41) is 12.6. The number of hydrogen-bond donors (Lipinski definition) is 0. The summed E-state index contributed by atoms with van der Waals surface area (Å²) in [5.74, 6) is 0.540. The molecule has 0 bridgehead atoms. The van der Waals surface area contributed by atoms with Crippen LogP contribution < -0.4 is 4.90 Å². The quantitative estimate of drug-likeness (QED) is 0.358. The summed E-state index contributed by atoms with van der Waals surface area (Å²) in [6, 6.07) is 20.5. The van der Waals surface area contributed by atoms with Gasteiger partial charge in [0.2, 0.25) is 5.89 Å². The minimum absolute atomic E-state index is 0.355. The van der Waals surface area contributed by atoms with E-state index in [1.54, 1.807) is 0 Å². The van der Waals surface area contributed by atoms with Crippen molar-refractivity contribution < 1.29 is 14.0 Å². The Morgan fingerprint density at radius 2 is 1.57 bits per heavy atom. The molecule has 144 valence electrons. The standard InChI is InChI=1S/C21H22N4O3/c1-3-7-17(8-4-1)20(18-9-5-2-6-10-18)24-27-14-11-19-22-23-21(28-19)25-12-15-26-16-13-25/h1-10H,11-16H2. The molecule has 2 heterocycles.